The Morgan fingerprint density at radius 1 is 0.682 bits per heavy atom. The second kappa shape index (κ2) is 6.57. The van der Waals surface area contributed by atoms with E-state index in [1.165, 1.54) is 0 Å². The molecule has 0 heterocycles. The zero-order valence-electron chi connectivity index (χ0n) is 12.5. The normalized spacial score (nSPS) is 15.1. The van der Waals surface area contributed by atoms with E-state index < -0.39 is 48.9 Å². The Labute approximate surface area is 127 Å². The minimum atomic E-state index is -5.56. The van der Waals surface area contributed by atoms with Gasteiger partial charge in [-0.15, -0.1) is 0 Å². The van der Waals surface area contributed by atoms with Crippen LogP contribution in [0.1, 0.15) is 34.6 Å². The van der Waals surface area contributed by atoms with Gasteiger partial charge >= 0.3 is 30.7 Å². The fourth-order valence-electron chi connectivity index (χ4n) is 1.08. The molecule has 0 fully saturated rings. The highest BCUT2D eigenvalue weighted by atomic mass is 32.2. The molecule has 0 spiro atoms. The Kier molecular flexibility index (Phi) is 6.44. The summed E-state index contributed by atoms with van der Waals surface area (Å²) in [4.78, 5) is 0. The highest BCUT2D eigenvalue weighted by Gasteiger charge is 2.53. The highest BCUT2D eigenvalue weighted by Crippen LogP contribution is 2.35. The SMILES string of the molecule is CC(OS(=O)(=O)C(F)(F)C(C)C)OS(=O)(=O)C(F)(F)C(C)C. The minimum absolute atomic E-state index is 0.599. The maximum absolute atomic E-state index is 13.4. The summed E-state index contributed by atoms with van der Waals surface area (Å²) >= 11 is 0. The van der Waals surface area contributed by atoms with Gasteiger partial charge in [-0.3, -0.25) is 0 Å². The summed E-state index contributed by atoms with van der Waals surface area (Å²) < 4.78 is 107. The standard InChI is InChI=1S/C10H18F4O6S2/c1-6(2)9(11,12)21(15,16)19-8(5)20-22(17,18)10(13,14)7(3)4/h6-8H,1-5H3. The molecule has 0 aliphatic rings. The van der Waals surface area contributed by atoms with E-state index >= 15 is 0 Å². The van der Waals surface area contributed by atoms with Crippen LogP contribution in [-0.2, 0) is 28.6 Å². The van der Waals surface area contributed by atoms with Crippen molar-refractivity contribution in [2.75, 3.05) is 0 Å². The summed E-state index contributed by atoms with van der Waals surface area (Å²) in [6.45, 7) is 4.14. The third-order valence-electron chi connectivity index (χ3n) is 2.54. The highest BCUT2D eigenvalue weighted by molar-refractivity contribution is 7.88. The Balaban J connectivity index is 5.25. The van der Waals surface area contributed by atoms with E-state index in [2.05, 4.69) is 8.37 Å². The van der Waals surface area contributed by atoms with Crippen LogP contribution in [0.3, 0.4) is 0 Å². The third-order valence-corrected chi connectivity index (χ3v) is 5.86. The zero-order chi connectivity index (χ0) is 18.1. The summed E-state index contributed by atoms with van der Waals surface area (Å²) in [7, 11) is -11.1. The second-order valence-corrected chi connectivity index (χ2v) is 8.39. The number of alkyl halides is 4. The fourth-order valence-corrected chi connectivity index (χ4v) is 3.33. The molecule has 0 radical (unpaired) electrons. The van der Waals surface area contributed by atoms with Crippen molar-refractivity contribution in [1.82, 2.24) is 0 Å². The first kappa shape index (κ1) is 21.5. The van der Waals surface area contributed by atoms with Gasteiger partial charge in [0.05, 0.1) is 0 Å². The molecular weight excluding hydrogens is 356 g/mol. The van der Waals surface area contributed by atoms with Crippen molar-refractivity contribution < 1.29 is 42.8 Å². The molecule has 0 amide bonds. The predicted octanol–water partition coefficient (Wildman–Crippen LogP) is 2.52. The molecule has 0 aromatic rings. The third kappa shape index (κ3) is 4.30. The first-order valence-corrected chi connectivity index (χ1v) is 8.92. The average molecular weight is 374 g/mol. The van der Waals surface area contributed by atoms with Crippen molar-refractivity contribution in [2.24, 2.45) is 11.8 Å². The largest absolute Gasteiger partial charge is 0.372 e. The van der Waals surface area contributed by atoms with Crippen molar-refractivity contribution in [3.8, 4) is 0 Å². The summed E-state index contributed by atoms with van der Waals surface area (Å²) in [5.74, 6) is -3.36. The molecular formula is C10H18F4O6S2. The van der Waals surface area contributed by atoms with Gasteiger partial charge in [-0.25, -0.2) is 8.37 Å². The van der Waals surface area contributed by atoms with E-state index in [1.807, 2.05) is 0 Å². The molecule has 0 aliphatic heterocycles. The molecule has 0 unspecified atom stereocenters. The van der Waals surface area contributed by atoms with Crippen molar-refractivity contribution in [1.29, 1.82) is 0 Å². The van der Waals surface area contributed by atoms with Gasteiger partial charge in [-0.05, 0) is 6.92 Å². The maximum atomic E-state index is 13.4. The summed E-state index contributed by atoms with van der Waals surface area (Å²) in [6.07, 6.45) is -2.37. The van der Waals surface area contributed by atoms with Gasteiger partial charge in [0.15, 0.2) is 6.29 Å². The number of hydrogen-bond donors (Lipinski definition) is 0. The Morgan fingerprint density at radius 3 is 1.09 bits per heavy atom. The lowest BCUT2D eigenvalue weighted by molar-refractivity contribution is -0.0294. The minimum Gasteiger partial charge on any atom is -0.232 e. The lowest BCUT2D eigenvalue weighted by Crippen LogP contribution is -2.41. The smallest absolute Gasteiger partial charge is 0.232 e. The van der Waals surface area contributed by atoms with E-state index in [0.717, 1.165) is 27.7 Å². The molecule has 0 bridgehead atoms. The number of halogens is 4. The Morgan fingerprint density at radius 2 is 0.909 bits per heavy atom. The molecule has 0 aromatic heterocycles. The first-order chi connectivity index (χ1) is 9.49. The molecule has 6 nitrogen and oxygen atoms in total. The topological polar surface area (TPSA) is 86.7 Å². The van der Waals surface area contributed by atoms with E-state index in [1.54, 1.807) is 0 Å². The lowest BCUT2D eigenvalue weighted by Gasteiger charge is -2.24. The second-order valence-electron chi connectivity index (χ2n) is 5.10. The molecule has 134 valence electrons. The van der Waals surface area contributed by atoms with Crippen LogP contribution in [0.5, 0.6) is 0 Å². The van der Waals surface area contributed by atoms with Crippen LogP contribution in [0.2, 0.25) is 0 Å². The Bertz CT molecular complexity index is 531. The van der Waals surface area contributed by atoms with E-state index in [9.17, 15) is 34.4 Å². The molecule has 12 heteroatoms. The van der Waals surface area contributed by atoms with Gasteiger partial charge in [-0.2, -0.15) is 34.4 Å². The van der Waals surface area contributed by atoms with Crippen molar-refractivity contribution in [3.05, 3.63) is 0 Å². The van der Waals surface area contributed by atoms with Gasteiger partial charge in [0.25, 0.3) is 0 Å². The molecule has 0 saturated carbocycles. The number of hydrogen-bond acceptors (Lipinski definition) is 6. The van der Waals surface area contributed by atoms with Crippen LogP contribution in [-0.4, -0.2) is 33.6 Å². The van der Waals surface area contributed by atoms with Gasteiger partial charge in [0, 0.05) is 11.8 Å². The van der Waals surface area contributed by atoms with Crippen LogP contribution in [0.15, 0.2) is 0 Å². The van der Waals surface area contributed by atoms with Crippen molar-refractivity contribution in [3.63, 3.8) is 0 Å². The lowest BCUT2D eigenvalue weighted by atomic mass is 10.2. The van der Waals surface area contributed by atoms with Crippen LogP contribution in [0.4, 0.5) is 17.6 Å². The van der Waals surface area contributed by atoms with E-state index in [-0.39, 0.29) is 0 Å². The van der Waals surface area contributed by atoms with Crippen LogP contribution in [0.25, 0.3) is 0 Å². The molecule has 0 atom stereocenters. The predicted molar refractivity (Wildman–Crippen MR) is 69.0 cm³/mol. The van der Waals surface area contributed by atoms with Gasteiger partial charge in [0.2, 0.25) is 0 Å². The van der Waals surface area contributed by atoms with Crippen LogP contribution in [0, 0.1) is 11.8 Å². The Hall–Kier alpha value is -0.460. The maximum Gasteiger partial charge on any atom is 0.372 e. The molecule has 0 N–H and O–H groups in total. The van der Waals surface area contributed by atoms with Crippen LogP contribution >= 0.6 is 0 Å². The molecule has 0 saturated heterocycles. The summed E-state index contributed by atoms with van der Waals surface area (Å²) in [5, 5.41) is -8.68. The monoisotopic (exact) mass is 374 g/mol. The van der Waals surface area contributed by atoms with E-state index in [4.69, 9.17) is 0 Å². The van der Waals surface area contributed by atoms with Crippen LogP contribution < -0.4 is 0 Å². The molecule has 22 heavy (non-hydrogen) atoms. The first-order valence-electron chi connectivity index (χ1n) is 6.10. The molecule has 0 rings (SSSR count). The molecule has 0 aromatic carbocycles. The van der Waals surface area contributed by atoms with Crippen molar-refractivity contribution >= 4 is 20.2 Å². The quantitative estimate of drug-likeness (QED) is 0.369. The van der Waals surface area contributed by atoms with Crippen molar-refractivity contribution in [2.45, 2.75) is 51.4 Å². The zero-order valence-corrected chi connectivity index (χ0v) is 14.1. The van der Waals surface area contributed by atoms with Gasteiger partial charge < -0.3 is 0 Å². The van der Waals surface area contributed by atoms with Gasteiger partial charge in [0.1, 0.15) is 0 Å². The summed E-state index contributed by atoms with van der Waals surface area (Å²) in [5.41, 5.74) is 0. The number of rotatable bonds is 8. The van der Waals surface area contributed by atoms with E-state index in [0.29, 0.717) is 6.92 Å². The average Bonchev–Trinajstić information content (AvgIpc) is 2.25. The summed E-state index contributed by atoms with van der Waals surface area (Å²) in [6, 6.07) is 0. The molecule has 0 aliphatic carbocycles. The fraction of sp³-hybridized carbons (Fsp3) is 1.00. The van der Waals surface area contributed by atoms with Gasteiger partial charge in [-0.1, -0.05) is 27.7 Å².